The van der Waals surface area contributed by atoms with Crippen LogP contribution < -0.4 is 0 Å². The number of hydrogen-bond acceptors (Lipinski definition) is 6. The van der Waals surface area contributed by atoms with Crippen LogP contribution in [0.2, 0.25) is 0 Å². The van der Waals surface area contributed by atoms with E-state index in [2.05, 4.69) is 23.0 Å². The molecule has 0 aliphatic carbocycles. The van der Waals surface area contributed by atoms with Crippen molar-refractivity contribution in [3.05, 3.63) is 17.3 Å². The lowest BCUT2D eigenvalue weighted by Gasteiger charge is -2.30. The van der Waals surface area contributed by atoms with Crippen LogP contribution >= 0.6 is 23.1 Å². The first-order valence-corrected chi connectivity index (χ1v) is 9.75. The molecule has 0 radical (unpaired) electrons. The molecule has 0 saturated carbocycles. The summed E-state index contributed by atoms with van der Waals surface area (Å²) in [4.78, 5) is 36.0. The van der Waals surface area contributed by atoms with Crippen molar-refractivity contribution in [2.75, 3.05) is 18.8 Å². The molecule has 1 N–H and O–H groups in total. The fourth-order valence-corrected chi connectivity index (χ4v) is 4.67. The maximum atomic E-state index is 12.4. The molecule has 1 saturated heterocycles. The van der Waals surface area contributed by atoms with Crippen LogP contribution in [-0.4, -0.2) is 50.7 Å². The van der Waals surface area contributed by atoms with Gasteiger partial charge in [0.1, 0.15) is 16.2 Å². The molecular weight excluding hydrogens is 346 g/mol. The average Bonchev–Trinajstić information content (AvgIpc) is 3.03. The largest absolute Gasteiger partial charge is 0.481 e. The summed E-state index contributed by atoms with van der Waals surface area (Å²) < 4.78 is 0. The Kier molecular flexibility index (Phi) is 5.35. The second kappa shape index (κ2) is 7.48. The molecule has 2 aromatic heterocycles. The Morgan fingerprint density at radius 1 is 1.46 bits per heavy atom. The van der Waals surface area contributed by atoms with E-state index < -0.39 is 11.9 Å². The first-order chi connectivity index (χ1) is 11.6. The van der Waals surface area contributed by atoms with Gasteiger partial charge in [0.25, 0.3) is 0 Å². The van der Waals surface area contributed by atoms with Crippen molar-refractivity contribution in [2.45, 2.75) is 31.2 Å². The summed E-state index contributed by atoms with van der Waals surface area (Å²) in [6.07, 6.45) is 3.88. The zero-order valence-corrected chi connectivity index (χ0v) is 15.0. The number of nitrogens with zero attached hydrogens (tertiary/aromatic N) is 3. The maximum absolute atomic E-state index is 12.4. The van der Waals surface area contributed by atoms with Crippen molar-refractivity contribution in [3.8, 4) is 0 Å². The second-order valence-electron chi connectivity index (χ2n) is 5.77. The van der Waals surface area contributed by atoms with Crippen molar-refractivity contribution >= 4 is 45.2 Å². The first kappa shape index (κ1) is 17.2. The standard InChI is InChI=1S/C16H19N3O3S2/c1-2-11-6-12-14(17-9-18-15(12)24-11)23-8-13(20)19-5-3-4-10(7-19)16(21)22/h6,9-10H,2-5,7-8H2,1H3,(H,21,22). The highest BCUT2D eigenvalue weighted by Crippen LogP contribution is 2.31. The lowest BCUT2D eigenvalue weighted by molar-refractivity contribution is -0.145. The Balaban J connectivity index is 1.66. The van der Waals surface area contributed by atoms with Crippen molar-refractivity contribution in [2.24, 2.45) is 5.92 Å². The highest BCUT2D eigenvalue weighted by molar-refractivity contribution is 8.00. The minimum absolute atomic E-state index is 0.0244. The van der Waals surface area contributed by atoms with Gasteiger partial charge in [0, 0.05) is 23.4 Å². The summed E-state index contributed by atoms with van der Waals surface area (Å²) in [5.74, 6) is -1.01. The number of hydrogen-bond donors (Lipinski definition) is 1. The van der Waals surface area contributed by atoms with E-state index in [1.807, 2.05) is 0 Å². The third-order valence-corrected chi connectivity index (χ3v) is 6.33. The molecule has 0 spiro atoms. The molecule has 1 fully saturated rings. The number of aliphatic carboxylic acids is 1. The number of aromatic nitrogens is 2. The van der Waals surface area contributed by atoms with E-state index in [4.69, 9.17) is 5.11 Å². The molecule has 1 aliphatic rings. The SMILES string of the molecule is CCc1cc2c(SCC(=O)N3CCCC(C(=O)O)C3)ncnc2s1. The minimum atomic E-state index is -0.817. The molecule has 6 nitrogen and oxygen atoms in total. The number of thioether (sulfide) groups is 1. The molecule has 0 bridgehead atoms. The zero-order valence-electron chi connectivity index (χ0n) is 13.4. The summed E-state index contributed by atoms with van der Waals surface area (Å²) in [6.45, 7) is 3.05. The van der Waals surface area contributed by atoms with Crippen molar-refractivity contribution < 1.29 is 14.7 Å². The van der Waals surface area contributed by atoms with Crippen LogP contribution in [0.25, 0.3) is 10.2 Å². The van der Waals surface area contributed by atoms with E-state index >= 15 is 0 Å². The van der Waals surface area contributed by atoms with E-state index in [1.54, 1.807) is 16.2 Å². The molecular formula is C16H19N3O3S2. The summed E-state index contributed by atoms with van der Waals surface area (Å²) in [6, 6.07) is 2.09. The van der Waals surface area contributed by atoms with E-state index in [-0.39, 0.29) is 11.7 Å². The van der Waals surface area contributed by atoms with Crippen LogP contribution in [0.3, 0.4) is 0 Å². The highest BCUT2D eigenvalue weighted by Gasteiger charge is 2.28. The molecule has 1 aliphatic heterocycles. The van der Waals surface area contributed by atoms with E-state index in [0.29, 0.717) is 19.5 Å². The minimum Gasteiger partial charge on any atom is -0.481 e. The Morgan fingerprint density at radius 3 is 3.04 bits per heavy atom. The predicted molar refractivity (Wildman–Crippen MR) is 94.5 cm³/mol. The fraction of sp³-hybridized carbons (Fsp3) is 0.500. The first-order valence-electron chi connectivity index (χ1n) is 7.95. The molecule has 8 heteroatoms. The third kappa shape index (κ3) is 3.70. The number of amides is 1. The smallest absolute Gasteiger partial charge is 0.308 e. The number of carbonyl (C=O) groups is 2. The van der Waals surface area contributed by atoms with Crippen molar-refractivity contribution in [3.63, 3.8) is 0 Å². The number of aryl methyl sites for hydroxylation is 1. The number of thiophene rings is 1. The fourth-order valence-electron chi connectivity index (χ4n) is 2.80. The Labute approximate surface area is 148 Å². The van der Waals surface area contributed by atoms with Crippen LogP contribution in [0.1, 0.15) is 24.6 Å². The van der Waals surface area contributed by atoms with E-state index in [9.17, 15) is 9.59 Å². The summed E-state index contributed by atoms with van der Waals surface area (Å²) in [5, 5.41) is 10.9. The molecule has 1 atom stereocenters. The lowest BCUT2D eigenvalue weighted by Crippen LogP contribution is -2.43. The van der Waals surface area contributed by atoms with E-state index in [1.165, 1.54) is 23.0 Å². The molecule has 3 heterocycles. The van der Waals surface area contributed by atoms with Crippen LogP contribution in [-0.2, 0) is 16.0 Å². The average molecular weight is 365 g/mol. The lowest BCUT2D eigenvalue weighted by atomic mass is 9.98. The predicted octanol–water partition coefficient (Wildman–Crippen LogP) is 2.67. The monoisotopic (exact) mass is 365 g/mol. The summed E-state index contributed by atoms with van der Waals surface area (Å²) in [5.41, 5.74) is 0. The zero-order chi connectivity index (χ0) is 17.1. The molecule has 128 valence electrons. The maximum Gasteiger partial charge on any atom is 0.308 e. The molecule has 3 rings (SSSR count). The number of likely N-dealkylation sites (tertiary alicyclic amines) is 1. The number of carbonyl (C=O) groups excluding carboxylic acids is 1. The number of carboxylic acid groups (broad SMARTS) is 1. The van der Waals surface area contributed by atoms with Gasteiger partial charge >= 0.3 is 5.97 Å². The van der Waals surface area contributed by atoms with Crippen molar-refractivity contribution in [1.29, 1.82) is 0 Å². The van der Waals surface area contributed by atoms with Gasteiger partial charge in [-0.2, -0.15) is 0 Å². The Morgan fingerprint density at radius 2 is 2.29 bits per heavy atom. The number of rotatable bonds is 5. The molecule has 1 amide bonds. The van der Waals surface area contributed by atoms with Gasteiger partial charge in [0.15, 0.2) is 0 Å². The van der Waals surface area contributed by atoms with Gasteiger partial charge in [-0.1, -0.05) is 18.7 Å². The van der Waals surface area contributed by atoms with Crippen LogP contribution in [0.15, 0.2) is 17.4 Å². The molecule has 24 heavy (non-hydrogen) atoms. The topological polar surface area (TPSA) is 83.4 Å². The normalized spacial score (nSPS) is 18.0. The van der Waals surface area contributed by atoms with Gasteiger partial charge in [-0.05, 0) is 25.3 Å². The van der Waals surface area contributed by atoms with Crippen LogP contribution in [0, 0.1) is 5.92 Å². The summed E-state index contributed by atoms with van der Waals surface area (Å²) in [7, 11) is 0. The highest BCUT2D eigenvalue weighted by atomic mass is 32.2. The molecule has 2 aromatic rings. The Bertz CT molecular complexity index is 762. The van der Waals surface area contributed by atoms with Gasteiger partial charge in [-0.3, -0.25) is 9.59 Å². The number of carboxylic acids is 1. The van der Waals surface area contributed by atoms with Crippen LogP contribution in [0.5, 0.6) is 0 Å². The molecule has 0 aromatic carbocycles. The van der Waals surface area contributed by atoms with Gasteiger partial charge in [0.2, 0.25) is 5.91 Å². The van der Waals surface area contributed by atoms with Crippen molar-refractivity contribution in [1.82, 2.24) is 14.9 Å². The number of piperidine rings is 1. The van der Waals surface area contributed by atoms with Gasteiger partial charge < -0.3 is 10.0 Å². The summed E-state index contributed by atoms with van der Waals surface area (Å²) >= 11 is 3.05. The quantitative estimate of drug-likeness (QED) is 0.648. The van der Waals surface area contributed by atoms with Gasteiger partial charge in [-0.25, -0.2) is 9.97 Å². The van der Waals surface area contributed by atoms with Gasteiger partial charge in [-0.15, -0.1) is 11.3 Å². The number of fused-ring (bicyclic) bond motifs is 1. The van der Waals surface area contributed by atoms with Crippen LogP contribution in [0.4, 0.5) is 0 Å². The van der Waals surface area contributed by atoms with Gasteiger partial charge in [0.05, 0.1) is 11.7 Å². The second-order valence-corrected chi connectivity index (χ2v) is 7.85. The molecule has 1 unspecified atom stereocenters. The third-order valence-electron chi connectivity index (χ3n) is 4.15. The van der Waals surface area contributed by atoms with E-state index in [0.717, 1.165) is 28.1 Å². The Hall–Kier alpha value is -1.67.